The van der Waals surface area contributed by atoms with Crippen molar-refractivity contribution in [3.63, 3.8) is 0 Å². The summed E-state index contributed by atoms with van der Waals surface area (Å²) in [7, 11) is 1.60. The van der Waals surface area contributed by atoms with Crippen molar-refractivity contribution in [2.45, 2.75) is 18.9 Å². The average Bonchev–Trinajstić information content (AvgIpc) is 3.20. The minimum atomic E-state index is -0.256. The highest BCUT2D eigenvalue weighted by molar-refractivity contribution is 5.93. The van der Waals surface area contributed by atoms with Gasteiger partial charge in [-0.05, 0) is 49.2 Å². The maximum Gasteiger partial charge on any atom is 0.262 e. The number of nitrogens with one attached hydrogen (secondary N) is 1. The highest BCUT2D eigenvalue weighted by Gasteiger charge is 2.17. The van der Waals surface area contributed by atoms with Crippen LogP contribution in [-0.2, 0) is 9.53 Å². The first-order valence-corrected chi connectivity index (χ1v) is 8.65. The summed E-state index contributed by atoms with van der Waals surface area (Å²) in [5.74, 6) is 1.71. The van der Waals surface area contributed by atoms with E-state index in [1.807, 2.05) is 18.2 Å². The van der Waals surface area contributed by atoms with Gasteiger partial charge in [-0.1, -0.05) is 12.1 Å². The lowest BCUT2D eigenvalue weighted by molar-refractivity contribution is -0.118. The van der Waals surface area contributed by atoms with Gasteiger partial charge >= 0.3 is 0 Å². The van der Waals surface area contributed by atoms with E-state index in [2.05, 4.69) is 5.32 Å². The van der Waals surface area contributed by atoms with Crippen LogP contribution in [-0.4, -0.2) is 38.9 Å². The van der Waals surface area contributed by atoms with Crippen molar-refractivity contribution in [1.82, 2.24) is 0 Å². The summed E-state index contributed by atoms with van der Waals surface area (Å²) in [5, 5.41) is 2.82. The van der Waals surface area contributed by atoms with Crippen LogP contribution in [0.25, 0.3) is 0 Å². The second-order valence-corrected chi connectivity index (χ2v) is 5.95. The van der Waals surface area contributed by atoms with Gasteiger partial charge in [0.15, 0.2) is 6.61 Å². The zero-order valence-electron chi connectivity index (χ0n) is 14.8. The Morgan fingerprint density at radius 2 is 1.88 bits per heavy atom. The number of carbonyl (C=O) groups is 1. The first kappa shape index (κ1) is 18.1. The summed E-state index contributed by atoms with van der Waals surface area (Å²) in [6.07, 6.45) is 2.19. The summed E-state index contributed by atoms with van der Waals surface area (Å²) in [5.41, 5.74) is 0.619. The van der Waals surface area contributed by atoms with Crippen molar-refractivity contribution in [2.75, 3.05) is 32.2 Å². The SMILES string of the molecule is COc1ccc(OCC(=O)Nc2ccccc2OCC2CCCO2)cc1. The van der Waals surface area contributed by atoms with Crippen LogP contribution in [0.3, 0.4) is 0 Å². The first-order valence-electron chi connectivity index (χ1n) is 8.65. The minimum absolute atomic E-state index is 0.0909. The zero-order valence-corrected chi connectivity index (χ0v) is 14.8. The minimum Gasteiger partial charge on any atom is -0.497 e. The largest absolute Gasteiger partial charge is 0.497 e. The normalized spacial score (nSPS) is 16.1. The number of para-hydroxylation sites is 2. The lowest BCUT2D eigenvalue weighted by Gasteiger charge is -2.15. The van der Waals surface area contributed by atoms with E-state index >= 15 is 0 Å². The quantitative estimate of drug-likeness (QED) is 0.785. The van der Waals surface area contributed by atoms with E-state index in [4.69, 9.17) is 18.9 Å². The number of hydrogen-bond acceptors (Lipinski definition) is 5. The zero-order chi connectivity index (χ0) is 18.2. The third-order valence-corrected chi connectivity index (χ3v) is 4.04. The molecule has 1 heterocycles. The van der Waals surface area contributed by atoms with Crippen LogP contribution in [0, 0.1) is 0 Å². The summed E-state index contributed by atoms with van der Waals surface area (Å²) in [6.45, 7) is 1.18. The molecule has 0 spiro atoms. The second kappa shape index (κ2) is 9.10. The molecule has 6 heteroatoms. The Morgan fingerprint density at radius 1 is 1.12 bits per heavy atom. The third kappa shape index (κ3) is 5.13. The molecule has 1 fully saturated rings. The fourth-order valence-electron chi connectivity index (χ4n) is 2.66. The molecule has 2 aromatic carbocycles. The standard InChI is InChI=1S/C20H23NO5/c1-23-15-8-10-16(11-9-15)25-14-20(22)21-18-6-2-3-7-19(18)26-13-17-5-4-12-24-17/h2-3,6-11,17H,4-5,12-14H2,1H3,(H,21,22). The molecule has 0 aliphatic carbocycles. The van der Waals surface area contributed by atoms with Gasteiger partial charge in [-0.25, -0.2) is 0 Å². The lowest BCUT2D eigenvalue weighted by atomic mass is 10.2. The predicted octanol–water partition coefficient (Wildman–Crippen LogP) is 3.27. The maximum atomic E-state index is 12.2. The highest BCUT2D eigenvalue weighted by Crippen LogP contribution is 2.25. The topological polar surface area (TPSA) is 66.0 Å². The molecule has 138 valence electrons. The molecule has 1 unspecified atom stereocenters. The van der Waals surface area contributed by atoms with Gasteiger partial charge in [-0.2, -0.15) is 0 Å². The number of benzene rings is 2. The summed E-state index contributed by atoms with van der Waals surface area (Å²) >= 11 is 0. The number of methoxy groups -OCH3 is 1. The molecule has 1 aliphatic rings. The van der Waals surface area contributed by atoms with Gasteiger partial charge in [0.25, 0.3) is 5.91 Å². The van der Waals surface area contributed by atoms with Gasteiger partial charge in [0.05, 0.1) is 18.9 Å². The van der Waals surface area contributed by atoms with Gasteiger partial charge < -0.3 is 24.3 Å². The van der Waals surface area contributed by atoms with Gasteiger partial charge in [-0.3, -0.25) is 4.79 Å². The molecule has 26 heavy (non-hydrogen) atoms. The molecule has 0 bridgehead atoms. The number of hydrogen-bond donors (Lipinski definition) is 1. The van der Waals surface area contributed by atoms with Crippen LogP contribution in [0.5, 0.6) is 17.2 Å². The van der Waals surface area contributed by atoms with Crippen LogP contribution in [0.1, 0.15) is 12.8 Å². The second-order valence-electron chi connectivity index (χ2n) is 5.95. The van der Waals surface area contributed by atoms with Crippen molar-refractivity contribution in [1.29, 1.82) is 0 Å². The number of amides is 1. The van der Waals surface area contributed by atoms with Crippen LogP contribution < -0.4 is 19.5 Å². The molecular weight excluding hydrogens is 334 g/mol. The number of carbonyl (C=O) groups excluding carboxylic acids is 1. The monoisotopic (exact) mass is 357 g/mol. The molecule has 0 radical (unpaired) electrons. The van der Waals surface area contributed by atoms with Crippen LogP contribution >= 0.6 is 0 Å². The van der Waals surface area contributed by atoms with E-state index < -0.39 is 0 Å². The molecule has 6 nitrogen and oxygen atoms in total. The lowest BCUT2D eigenvalue weighted by Crippen LogP contribution is -2.21. The Bertz CT molecular complexity index is 710. The van der Waals surface area contributed by atoms with Crippen LogP contribution in [0.4, 0.5) is 5.69 Å². The Morgan fingerprint density at radius 3 is 2.62 bits per heavy atom. The molecule has 1 amide bonds. The van der Waals surface area contributed by atoms with Crippen molar-refractivity contribution in [3.8, 4) is 17.2 Å². The van der Waals surface area contributed by atoms with E-state index in [9.17, 15) is 4.79 Å². The smallest absolute Gasteiger partial charge is 0.262 e. The van der Waals surface area contributed by atoms with E-state index in [0.29, 0.717) is 23.8 Å². The van der Waals surface area contributed by atoms with Crippen molar-refractivity contribution >= 4 is 11.6 Å². The van der Waals surface area contributed by atoms with Crippen molar-refractivity contribution in [2.24, 2.45) is 0 Å². The van der Waals surface area contributed by atoms with Gasteiger partial charge in [-0.15, -0.1) is 0 Å². The number of ether oxygens (including phenoxy) is 4. The van der Waals surface area contributed by atoms with E-state index in [0.717, 1.165) is 25.2 Å². The van der Waals surface area contributed by atoms with E-state index in [1.54, 1.807) is 37.4 Å². The van der Waals surface area contributed by atoms with Crippen molar-refractivity contribution in [3.05, 3.63) is 48.5 Å². The molecule has 1 aliphatic heterocycles. The summed E-state index contributed by atoms with van der Waals surface area (Å²) in [6, 6.07) is 14.4. The third-order valence-electron chi connectivity index (χ3n) is 4.04. The summed E-state index contributed by atoms with van der Waals surface area (Å²) < 4.78 is 22.0. The molecule has 1 atom stereocenters. The number of anilines is 1. The van der Waals surface area contributed by atoms with Gasteiger partial charge in [0, 0.05) is 6.61 Å². The predicted molar refractivity (Wildman–Crippen MR) is 98.0 cm³/mol. The molecule has 0 aromatic heterocycles. The van der Waals surface area contributed by atoms with Crippen LogP contribution in [0.15, 0.2) is 48.5 Å². The van der Waals surface area contributed by atoms with Crippen LogP contribution in [0.2, 0.25) is 0 Å². The first-order chi connectivity index (χ1) is 12.7. The fourth-order valence-corrected chi connectivity index (χ4v) is 2.66. The van der Waals surface area contributed by atoms with E-state index in [1.165, 1.54) is 0 Å². The van der Waals surface area contributed by atoms with E-state index in [-0.39, 0.29) is 18.6 Å². The summed E-state index contributed by atoms with van der Waals surface area (Å²) in [4.78, 5) is 12.2. The molecule has 2 aromatic rings. The molecule has 1 saturated heterocycles. The Hall–Kier alpha value is -2.73. The Labute approximate surface area is 153 Å². The maximum absolute atomic E-state index is 12.2. The highest BCUT2D eigenvalue weighted by atomic mass is 16.5. The Balaban J connectivity index is 1.51. The molecular formula is C20H23NO5. The van der Waals surface area contributed by atoms with Gasteiger partial charge in [0.1, 0.15) is 23.9 Å². The molecule has 3 rings (SSSR count). The average molecular weight is 357 g/mol. The fraction of sp³-hybridized carbons (Fsp3) is 0.350. The Kier molecular flexibility index (Phi) is 6.33. The van der Waals surface area contributed by atoms with Gasteiger partial charge in [0.2, 0.25) is 0 Å². The molecule has 1 N–H and O–H groups in total. The van der Waals surface area contributed by atoms with Crippen molar-refractivity contribution < 1.29 is 23.7 Å². The molecule has 0 saturated carbocycles. The number of rotatable bonds is 8.